The van der Waals surface area contributed by atoms with Crippen LogP contribution < -0.4 is 0 Å². The molecule has 0 amide bonds. The van der Waals surface area contributed by atoms with Gasteiger partial charge in [-0.25, -0.2) is 0 Å². The summed E-state index contributed by atoms with van der Waals surface area (Å²) < 4.78 is 4.92. The van der Waals surface area contributed by atoms with E-state index in [1.165, 1.54) is 0 Å². The van der Waals surface area contributed by atoms with Crippen LogP contribution >= 0.6 is 11.6 Å². The Morgan fingerprint density at radius 2 is 2.12 bits per heavy atom. The SMILES string of the molecule is CCO[Si]C(C)(C)Cl. The van der Waals surface area contributed by atoms with Gasteiger partial charge in [-0.15, -0.1) is 11.6 Å². The minimum atomic E-state index is -0.171. The molecule has 8 heavy (non-hydrogen) atoms. The monoisotopic (exact) mass is 150 g/mol. The lowest BCUT2D eigenvalue weighted by molar-refractivity contribution is 0.352. The maximum atomic E-state index is 5.80. The molecule has 0 saturated heterocycles. The van der Waals surface area contributed by atoms with E-state index in [1.807, 2.05) is 20.8 Å². The third-order valence-electron chi connectivity index (χ3n) is 0.459. The fraction of sp³-hybridized carbons (Fsp3) is 1.00. The number of alkyl halides is 1. The van der Waals surface area contributed by atoms with Crippen LogP contribution in [0.15, 0.2) is 0 Å². The largest absolute Gasteiger partial charge is 0.416 e. The van der Waals surface area contributed by atoms with Crippen LogP contribution in [-0.4, -0.2) is 20.9 Å². The van der Waals surface area contributed by atoms with Gasteiger partial charge in [0.1, 0.15) is 0 Å². The highest BCUT2D eigenvalue weighted by atomic mass is 35.5. The molecule has 0 heterocycles. The van der Waals surface area contributed by atoms with Gasteiger partial charge in [0, 0.05) is 6.61 Å². The molecule has 2 radical (unpaired) electrons. The van der Waals surface area contributed by atoms with E-state index in [0.29, 0.717) is 9.76 Å². The van der Waals surface area contributed by atoms with Crippen molar-refractivity contribution in [1.82, 2.24) is 0 Å². The maximum absolute atomic E-state index is 5.80. The second kappa shape index (κ2) is 3.48. The van der Waals surface area contributed by atoms with Crippen molar-refractivity contribution in [3.63, 3.8) is 0 Å². The summed E-state index contributed by atoms with van der Waals surface area (Å²) in [5.41, 5.74) is 0. The lowest BCUT2D eigenvalue weighted by atomic mass is 10.5. The molecule has 1 nitrogen and oxygen atoms in total. The van der Waals surface area contributed by atoms with Crippen molar-refractivity contribution in [2.24, 2.45) is 0 Å². The Bertz CT molecular complexity index is 59.9. The average Bonchev–Trinajstić information content (AvgIpc) is 1.59. The summed E-state index contributed by atoms with van der Waals surface area (Å²) in [7, 11) is 0.407. The van der Waals surface area contributed by atoms with Crippen molar-refractivity contribution in [2.45, 2.75) is 25.3 Å². The number of halogens is 1. The molecule has 0 unspecified atom stereocenters. The Kier molecular flexibility index (Phi) is 3.69. The van der Waals surface area contributed by atoms with Crippen LogP contribution in [-0.2, 0) is 4.43 Å². The second-order valence-electron chi connectivity index (χ2n) is 2.01. The molecule has 0 atom stereocenters. The van der Waals surface area contributed by atoms with Gasteiger partial charge in [0.05, 0.1) is 4.50 Å². The first-order chi connectivity index (χ1) is 3.56. The van der Waals surface area contributed by atoms with Crippen molar-refractivity contribution in [3.8, 4) is 0 Å². The van der Waals surface area contributed by atoms with Crippen molar-refractivity contribution in [2.75, 3.05) is 6.61 Å². The van der Waals surface area contributed by atoms with E-state index in [9.17, 15) is 0 Å². The predicted molar refractivity (Wildman–Crippen MR) is 37.3 cm³/mol. The smallest absolute Gasteiger partial charge is 0.252 e. The first-order valence-corrected chi connectivity index (χ1v) is 3.93. The van der Waals surface area contributed by atoms with E-state index in [1.54, 1.807) is 0 Å². The molecule has 0 aromatic heterocycles. The van der Waals surface area contributed by atoms with Crippen LogP contribution in [0.2, 0.25) is 0 Å². The molecule has 0 saturated carbocycles. The molecule has 0 bridgehead atoms. The molecule has 48 valence electrons. The van der Waals surface area contributed by atoms with Gasteiger partial charge in [0.2, 0.25) is 0 Å². The Morgan fingerprint density at radius 3 is 2.25 bits per heavy atom. The Hall–Kier alpha value is 0.467. The summed E-state index contributed by atoms with van der Waals surface area (Å²) in [4.78, 5) is 0. The van der Waals surface area contributed by atoms with Gasteiger partial charge in [-0.05, 0) is 20.8 Å². The Balaban J connectivity index is 3.11. The molecular weight excluding hydrogens is 140 g/mol. The van der Waals surface area contributed by atoms with E-state index < -0.39 is 0 Å². The minimum Gasteiger partial charge on any atom is -0.416 e. The van der Waals surface area contributed by atoms with Crippen LogP contribution in [0.3, 0.4) is 0 Å². The highest BCUT2D eigenvalue weighted by Crippen LogP contribution is 2.09. The van der Waals surface area contributed by atoms with Crippen molar-refractivity contribution < 1.29 is 4.43 Å². The van der Waals surface area contributed by atoms with Crippen LogP contribution in [0.25, 0.3) is 0 Å². The first kappa shape index (κ1) is 8.47. The Morgan fingerprint density at radius 1 is 1.62 bits per heavy atom. The number of hydrogen-bond donors (Lipinski definition) is 0. The molecular formula is C5H11ClOSi. The summed E-state index contributed by atoms with van der Waals surface area (Å²) in [6.45, 7) is 6.62. The quantitative estimate of drug-likeness (QED) is 0.439. The summed E-state index contributed by atoms with van der Waals surface area (Å²) in [5.74, 6) is 0. The predicted octanol–water partition coefficient (Wildman–Crippen LogP) is 1.62. The molecule has 3 heteroatoms. The first-order valence-electron chi connectivity index (χ1n) is 2.64. The van der Waals surface area contributed by atoms with Gasteiger partial charge in [-0.1, -0.05) is 0 Å². The lowest BCUT2D eigenvalue weighted by Crippen LogP contribution is -2.23. The van der Waals surface area contributed by atoms with Crippen LogP contribution in [0.1, 0.15) is 20.8 Å². The van der Waals surface area contributed by atoms with Crippen molar-refractivity contribution in [1.29, 1.82) is 0 Å². The highest BCUT2D eigenvalue weighted by Gasteiger charge is 2.14. The van der Waals surface area contributed by atoms with Crippen molar-refractivity contribution >= 4 is 21.4 Å². The topological polar surface area (TPSA) is 9.23 Å². The van der Waals surface area contributed by atoms with Crippen LogP contribution in [0.5, 0.6) is 0 Å². The van der Waals surface area contributed by atoms with E-state index in [-0.39, 0.29) is 4.50 Å². The number of hydrogen-bond acceptors (Lipinski definition) is 1. The fourth-order valence-electron chi connectivity index (χ4n) is 0.244. The van der Waals surface area contributed by atoms with Gasteiger partial charge in [-0.2, -0.15) is 0 Å². The average molecular weight is 151 g/mol. The van der Waals surface area contributed by atoms with E-state index >= 15 is 0 Å². The third-order valence-corrected chi connectivity index (χ3v) is 1.61. The van der Waals surface area contributed by atoms with Gasteiger partial charge in [0.15, 0.2) is 0 Å². The summed E-state index contributed by atoms with van der Waals surface area (Å²) >= 11 is 5.80. The molecule has 0 rings (SSSR count). The molecule has 0 aliphatic heterocycles. The third kappa shape index (κ3) is 6.47. The van der Waals surface area contributed by atoms with Gasteiger partial charge in [-0.3, -0.25) is 0 Å². The fourth-order valence-corrected chi connectivity index (χ4v) is 0.895. The Labute approximate surface area is 58.3 Å². The summed E-state index contributed by atoms with van der Waals surface area (Å²) in [6.07, 6.45) is 0. The van der Waals surface area contributed by atoms with Gasteiger partial charge < -0.3 is 4.43 Å². The maximum Gasteiger partial charge on any atom is 0.252 e. The molecule has 0 N–H and O–H groups in total. The molecule has 0 aliphatic rings. The second-order valence-corrected chi connectivity index (χ2v) is 5.01. The van der Waals surface area contributed by atoms with Crippen molar-refractivity contribution in [3.05, 3.63) is 0 Å². The zero-order valence-corrected chi connectivity index (χ0v) is 7.25. The zero-order valence-electron chi connectivity index (χ0n) is 5.49. The van der Waals surface area contributed by atoms with Crippen LogP contribution in [0.4, 0.5) is 0 Å². The van der Waals surface area contributed by atoms with E-state index in [4.69, 9.17) is 16.0 Å². The normalized spacial score (nSPS) is 12.0. The van der Waals surface area contributed by atoms with Gasteiger partial charge >= 0.3 is 0 Å². The molecule has 0 aromatic carbocycles. The lowest BCUT2D eigenvalue weighted by Gasteiger charge is -2.11. The standard InChI is InChI=1S/C5H11ClOSi/c1-4-7-8-5(2,3)6/h4H2,1-3H3. The van der Waals surface area contributed by atoms with E-state index in [2.05, 4.69) is 0 Å². The summed E-state index contributed by atoms with van der Waals surface area (Å²) in [6, 6.07) is 0. The minimum absolute atomic E-state index is 0.171. The molecule has 0 aromatic rings. The van der Waals surface area contributed by atoms with E-state index in [0.717, 1.165) is 6.61 Å². The zero-order chi connectivity index (χ0) is 6.62. The summed E-state index contributed by atoms with van der Waals surface area (Å²) in [5, 5.41) is 0. The van der Waals surface area contributed by atoms with Crippen LogP contribution in [0, 0.1) is 0 Å². The molecule has 0 fully saturated rings. The highest BCUT2D eigenvalue weighted by molar-refractivity contribution is 6.52. The number of rotatable bonds is 3. The molecule has 0 spiro atoms. The van der Waals surface area contributed by atoms with Gasteiger partial charge in [0.25, 0.3) is 9.76 Å². The molecule has 0 aliphatic carbocycles.